The Morgan fingerprint density at radius 3 is 2.19 bits per heavy atom. The molecule has 1 rings (SSSR count). The molecular weight excluding hydrogens is 298 g/mol. The van der Waals surface area contributed by atoms with E-state index in [-0.39, 0.29) is 6.47 Å². The van der Waals surface area contributed by atoms with Gasteiger partial charge in [0.25, 0.3) is 6.47 Å². The minimum Gasteiger partial charge on any atom is -0.483 e. The first-order valence-electron chi connectivity index (χ1n) is 6.53. The summed E-state index contributed by atoms with van der Waals surface area (Å²) in [6.45, 7) is 6.03. The summed E-state index contributed by atoms with van der Waals surface area (Å²) in [6.07, 6.45) is 1.89. The molecule has 0 saturated heterocycles. The van der Waals surface area contributed by atoms with Crippen LogP contribution in [-0.2, 0) is 25.5 Å². The van der Waals surface area contributed by atoms with Gasteiger partial charge in [0.2, 0.25) is 0 Å². The van der Waals surface area contributed by atoms with Crippen molar-refractivity contribution in [3.05, 3.63) is 11.9 Å². The van der Waals surface area contributed by atoms with Gasteiger partial charge < -0.3 is 19.3 Å². The SMILES string of the molecule is Cc1cn(CCOCCOCCOCCS)nn1.O=CO. The molecule has 0 aliphatic rings. The maximum Gasteiger partial charge on any atom is 0.290 e. The molecule has 0 aliphatic heterocycles. The summed E-state index contributed by atoms with van der Waals surface area (Å²) < 4.78 is 17.7. The molecule has 21 heavy (non-hydrogen) atoms. The number of ether oxygens (including phenoxy) is 3. The van der Waals surface area contributed by atoms with Crippen LogP contribution < -0.4 is 0 Å². The predicted molar refractivity (Wildman–Crippen MR) is 79.8 cm³/mol. The molecule has 0 aliphatic carbocycles. The monoisotopic (exact) mass is 321 g/mol. The Labute approximate surface area is 129 Å². The summed E-state index contributed by atoms with van der Waals surface area (Å²) in [4.78, 5) is 8.36. The second-order valence-electron chi connectivity index (χ2n) is 3.79. The summed E-state index contributed by atoms with van der Waals surface area (Å²) in [7, 11) is 0. The average Bonchev–Trinajstić information content (AvgIpc) is 2.87. The van der Waals surface area contributed by atoms with Crippen molar-refractivity contribution in [2.24, 2.45) is 0 Å². The van der Waals surface area contributed by atoms with Gasteiger partial charge in [-0.3, -0.25) is 4.79 Å². The highest BCUT2D eigenvalue weighted by Gasteiger charge is 1.95. The number of thiol groups is 1. The van der Waals surface area contributed by atoms with Crippen molar-refractivity contribution in [2.45, 2.75) is 13.5 Å². The van der Waals surface area contributed by atoms with Gasteiger partial charge in [-0.05, 0) is 6.92 Å². The fourth-order valence-electron chi connectivity index (χ4n) is 1.27. The zero-order chi connectivity index (χ0) is 15.8. The van der Waals surface area contributed by atoms with Crippen LogP contribution in [0.4, 0.5) is 0 Å². The normalized spacial score (nSPS) is 10.0. The lowest BCUT2D eigenvalue weighted by molar-refractivity contribution is -0.122. The van der Waals surface area contributed by atoms with Crippen molar-refractivity contribution in [2.75, 3.05) is 45.4 Å². The molecule has 8 nitrogen and oxygen atoms in total. The Bertz CT molecular complexity index is 351. The third-order valence-electron chi connectivity index (χ3n) is 2.10. The van der Waals surface area contributed by atoms with Gasteiger partial charge in [0.05, 0.1) is 51.9 Å². The molecule has 0 atom stereocenters. The van der Waals surface area contributed by atoms with Crippen LogP contribution in [0.15, 0.2) is 6.20 Å². The van der Waals surface area contributed by atoms with Gasteiger partial charge in [-0.25, -0.2) is 4.68 Å². The van der Waals surface area contributed by atoms with Crippen LogP contribution in [0.5, 0.6) is 0 Å². The van der Waals surface area contributed by atoms with E-state index in [1.807, 2.05) is 13.1 Å². The quantitative estimate of drug-likeness (QED) is 0.343. The largest absolute Gasteiger partial charge is 0.483 e. The van der Waals surface area contributed by atoms with Crippen molar-refractivity contribution >= 4 is 19.1 Å². The summed E-state index contributed by atoms with van der Waals surface area (Å²) in [5.74, 6) is 0.741. The molecular formula is C12H23N3O5S. The lowest BCUT2D eigenvalue weighted by Crippen LogP contribution is -2.12. The fraction of sp³-hybridized carbons (Fsp3) is 0.750. The van der Waals surface area contributed by atoms with E-state index in [0.29, 0.717) is 46.2 Å². The van der Waals surface area contributed by atoms with Crippen molar-refractivity contribution in [1.29, 1.82) is 0 Å². The number of nitrogens with zero attached hydrogens (tertiary/aromatic N) is 3. The molecule has 0 spiro atoms. The lowest BCUT2D eigenvalue weighted by atomic mass is 10.5. The van der Waals surface area contributed by atoms with Crippen LogP contribution in [0, 0.1) is 6.92 Å². The maximum absolute atomic E-state index is 8.36. The third kappa shape index (κ3) is 13.6. The first-order valence-corrected chi connectivity index (χ1v) is 7.16. The standard InChI is InChI=1S/C11H21N3O3S.CH2O2/c1-11-10-14(13-12-11)2-3-15-4-5-16-6-7-17-8-9-18;2-1-3/h10,18H,2-9H2,1H3;1H,(H,2,3). The van der Waals surface area contributed by atoms with Gasteiger partial charge in [-0.1, -0.05) is 5.21 Å². The second kappa shape index (κ2) is 15.2. The minimum absolute atomic E-state index is 0.250. The van der Waals surface area contributed by atoms with Gasteiger partial charge in [-0.15, -0.1) is 5.10 Å². The molecule has 1 aromatic rings. The number of aryl methyl sites for hydroxylation is 1. The molecule has 122 valence electrons. The van der Waals surface area contributed by atoms with Crippen molar-refractivity contribution in [1.82, 2.24) is 15.0 Å². The van der Waals surface area contributed by atoms with E-state index in [9.17, 15) is 0 Å². The smallest absolute Gasteiger partial charge is 0.290 e. The molecule has 0 saturated carbocycles. The van der Waals surface area contributed by atoms with E-state index < -0.39 is 0 Å². The van der Waals surface area contributed by atoms with Crippen LogP contribution in [0.3, 0.4) is 0 Å². The van der Waals surface area contributed by atoms with Crippen LogP contribution in [-0.4, -0.2) is 72.0 Å². The summed E-state index contributed by atoms with van der Waals surface area (Å²) >= 11 is 4.04. The predicted octanol–water partition coefficient (Wildman–Crippen LogP) is 0.267. The second-order valence-corrected chi connectivity index (χ2v) is 4.24. The molecule has 0 aromatic carbocycles. The van der Waals surface area contributed by atoms with Crippen LogP contribution in [0.1, 0.15) is 5.69 Å². The first kappa shape index (κ1) is 19.8. The van der Waals surface area contributed by atoms with E-state index in [0.717, 1.165) is 11.4 Å². The maximum atomic E-state index is 8.36. The van der Waals surface area contributed by atoms with Gasteiger partial charge in [0, 0.05) is 11.9 Å². The van der Waals surface area contributed by atoms with Crippen LogP contribution in [0.25, 0.3) is 0 Å². The highest BCUT2D eigenvalue weighted by Crippen LogP contribution is 1.89. The highest BCUT2D eigenvalue weighted by molar-refractivity contribution is 7.80. The van der Waals surface area contributed by atoms with E-state index >= 15 is 0 Å². The summed E-state index contributed by atoms with van der Waals surface area (Å²) in [5, 5.41) is 14.7. The number of aromatic nitrogens is 3. The zero-order valence-electron chi connectivity index (χ0n) is 12.2. The average molecular weight is 321 g/mol. The number of carbonyl (C=O) groups is 1. The Morgan fingerprint density at radius 2 is 1.71 bits per heavy atom. The molecule has 0 fully saturated rings. The van der Waals surface area contributed by atoms with Crippen molar-refractivity contribution in [3.63, 3.8) is 0 Å². The van der Waals surface area contributed by atoms with Crippen LogP contribution in [0.2, 0.25) is 0 Å². The first-order chi connectivity index (χ1) is 10.2. The van der Waals surface area contributed by atoms with Gasteiger partial charge in [0.15, 0.2) is 0 Å². The van der Waals surface area contributed by atoms with E-state index in [1.54, 1.807) is 4.68 Å². The third-order valence-corrected chi connectivity index (χ3v) is 2.28. The molecule has 0 amide bonds. The minimum atomic E-state index is -0.250. The van der Waals surface area contributed by atoms with Crippen molar-refractivity contribution in [3.8, 4) is 0 Å². The number of hydrogen-bond donors (Lipinski definition) is 2. The molecule has 1 N–H and O–H groups in total. The fourth-order valence-corrected chi connectivity index (χ4v) is 1.40. The van der Waals surface area contributed by atoms with E-state index in [2.05, 4.69) is 22.9 Å². The molecule has 1 aromatic heterocycles. The molecule has 0 unspecified atom stereocenters. The topological polar surface area (TPSA) is 95.7 Å². The highest BCUT2D eigenvalue weighted by atomic mass is 32.1. The molecule has 0 radical (unpaired) electrons. The van der Waals surface area contributed by atoms with Gasteiger partial charge in [-0.2, -0.15) is 12.6 Å². The Morgan fingerprint density at radius 1 is 1.19 bits per heavy atom. The van der Waals surface area contributed by atoms with Crippen molar-refractivity contribution < 1.29 is 24.1 Å². The number of hydrogen-bond acceptors (Lipinski definition) is 7. The summed E-state index contributed by atoms with van der Waals surface area (Å²) in [6, 6.07) is 0. The van der Waals surface area contributed by atoms with Gasteiger partial charge >= 0.3 is 0 Å². The molecule has 1 heterocycles. The Kier molecular flexibility index (Phi) is 14.4. The van der Waals surface area contributed by atoms with Gasteiger partial charge in [0.1, 0.15) is 0 Å². The zero-order valence-corrected chi connectivity index (χ0v) is 13.1. The molecule has 0 bridgehead atoms. The van der Waals surface area contributed by atoms with E-state index in [1.165, 1.54) is 0 Å². The van der Waals surface area contributed by atoms with Crippen LogP contribution >= 0.6 is 12.6 Å². The lowest BCUT2D eigenvalue weighted by Gasteiger charge is -2.06. The Hall–Kier alpha value is -1.16. The summed E-state index contributed by atoms with van der Waals surface area (Å²) in [5.41, 5.74) is 0.916. The Balaban J connectivity index is 0.00000122. The molecule has 9 heteroatoms. The van der Waals surface area contributed by atoms with E-state index in [4.69, 9.17) is 24.1 Å². The number of carboxylic acid groups (broad SMARTS) is 1. The number of rotatable bonds is 11.